The van der Waals surface area contributed by atoms with Crippen LogP contribution >= 0.6 is 0 Å². The third-order valence-corrected chi connectivity index (χ3v) is 7.99. The summed E-state index contributed by atoms with van der Waals surface area (Å²) in [6.45, 7) is 3.33. The van der Waals surface area contributed by atoms with E-state index in [1.165, 1.54) is 30.5 Å². The van der Waals surface area contributed by atoms with Crippen molar-refractivity contribution in [2.24, 2.45) is 11.8 Å². The normalized spacial score (nSPS) is 16.6. The molecular formula is C32H32FN5O3. The van der Waals surface area contributed by atoms with Crippen molar-refractivity contribution in [1.82, 2.24) is 14.8 Å². The molecule has 1 N–H and O–H groups in total. The Balaban J connectivity index is 1.06. The standard InChI is InChI=1S/C32H32FN5O3/c33-28-8-5-24(6-9-28)30(39)25-13-17-38(18-14-25)32(41)27-7-10-29(35-20-27)36-31(40)26-11-15-37(16-12-26)21-23-3-1-22(19-34)2-4-23/h1-10,20,25-26H,11-18,21H2,(H,35,36,40). The van der Waals surface area contributed by atoms with E-state index in [2.05, 4.69) is 21.3 Å². The molecule has 2 aromatic carbocycles. The highest BCUT2D eigenvalue weighted by molar-refractivity contribution is 5.98. The van der Waals surface area contributed by atoms with Gasteiger partial charge in [-0.15, -0.1) is 0 Å². The van der Waals surface area contributed by atoms with E-state index in [9.17, 15) is 18.8 Å². The number of hydrogen-bond donors (Lipinski definition) is 1. The second kappa shape index (κ2) is 12.8. The number of carbonyl (C=O) groups excluding carboxylic acids is 3. The zero-order valence-electron chi connectivity index (χ0n) is 22.8. The van der Waals surface area contributed by atoms with E-state index in [-0.39, 0.29) is 35.3 Å². The molecule has 3 aromatic rings. The van der Waals surface area contributed by atoms with Gasteiger partial charge in [-0.25, -0.2) is 9.37 Å². The first-order valence-corrected chi connectivity index (χ1v) is 14.0. The summed E-state index contributed by atoms with van der Waals surface area (Å²) in [6.07, 6.45) is 4.08. The van der Waals surface area contributed by atoms with Crippen LogP contribution in [0.5, 0.6) is 0 Å². The number of benzene rings is 2. The topological polar surface area (TPSA) is 106 Å². The van der Waals surface area contributed by atoms with Gasteiger partial charge in [0.15, 0.2) is 5.78 Å². The molecule has 8 nitrogen and oxygen atoms in total. The van der Waals surface area contributed by atoms with Crippen LogP contribution in [0.15, 0.2) is 66.9 Å². The van der Waals surface area contributed by atoms with Gasteiger partial charge in [0, 0.05) is 43.2 Å². The number of carbonyl (C=O) groups is 3. The van der Waals surface area contributed by atoms with E-state index in [0.29, 0.717) is 48.4 Å². The first kappa shape index (κ1) is 28.1. The largest absolute Gasteiger partial charge is 0.339 e. The van der Waals surface area contributed by atoms with Gasteiger partial charge in [-0.3, -0.25) is 19.3 Å². The lowest BCUT2D eigenvalue weighted by atomic mass is 9.88. The maximum Gasteiger partial charge on any atom is 0.255 e. The van der Waals surface area contributed by atoms with Crippen molar-refractivity contribution in [3.8, 4) is 6.07 Å². The van der Waals surface area contributed by atoms with Gasteiger partial charge in [0.25, 0.3) is 5.91 Å². The Kier molecular flexibility index (Phi) is 8.80. The predicted octanol–water partition coefficient (Wildman–Crippen LogP) is 4.68. The molecule has 210 valence electrons. The summed E-state index contributed by atoms with van der Waals surface area (Å²) in [7, 11) is 0. The van der Waals surface area contributed by atoms with Crippen molar-refractivity contribution in [2.45, 2.75) is 32.2 Å². The van der Waals surface area contributed by atoms with E-state index in [4.69, 9.17) is 5.26 Å². The molecule has 0 unspecified atom stereocenters. The second-order valence-electron chi connectivity index (χ2n) is 10.7. The number of nitriles is 1. The van der Waals surface area contributed by atoms with E-state index >= 15 is 0 Å². The van der Waals surface area contributed by atoms with Gasteiger partial charge >= 0.3 is 0 Å². The van der Waals surface area contributed by atoms with Gasteiger partial charge in [0.1, 0.15) is 11.6 Å². The Labute approximate surface area is 238 Å². The minimum Gasteiger partial charge on any atom is -0.339 e. The number of pyridine rings is 1. The zero-order chi connectivity index (χ0) is 28.8. The van der Waals surface area contributed by atoms with E-state index in [0.717, 1.165) is 38.0 Å². The zero-order valence-corrected chi connectivity index (χ0v) is 22.8. The summed E-state index contributed by atoms with van der Waals surface area (Å²) in [4.78, 5) is 46.9. The number of ketones is 1. The third kappa shape index (κ3) is 7.02. The number of amides is 2. The minimum atomic E-state index is -0.376. The molecule has 2 fully saturated rings. The Morgan fingerprint density at radius 1 is 0.854 bits per heavy atom. The van der Waals surface area contributed by atoms with Crippen LogP contribution in [0.4, 0.5) is 10.2 Å². The van der Waals surface area contributed by atoms with Crippen LogP contribution in [0.3, 0.4) is 0 Å². The summed E-state index contributed by atoms with van der Waals surface area (Å²) in [5.74, 6) is -0.498. The van der Waals surface area contributed by atoms with Crippen molar-refractivity contribution in [3.05, 3.63) is 94.9 Å². The summed E-state index contributed by atoms with van der Waals surface area (Å²) in [5, 5.41) is 11.8. The Morgan fingerprint density at radius 3 is 2.10 bits per heavy atom. The average Bonchev–Trinajstić information content (AvgIpc) is 3.02. The van der Waals surface area contributed by atoms with Crippen molar-refractivity contribution < 1.29 is 18.8 Å². The quantitative estimate of drug-likeness (QED) is 0.426. The molecule has 1 aromatic heterocycles. The van der Waals surface area contributed by atoms with Crippen LogP contribution in [0.2, 0.25) is 0 Å². The maximum atomic E-state index is 13.2. The van der Waals surface area contributed by atoms with E-state index in [1.54, 1.807) is 17.0 Å². The SMILES string of the molecule is N#Cc1ccc(CN2CCC(C(=O)Nc3ccc(C(=O)N4CCC(C(=O)c5ccc(F)cc5)CC4)cn3)CC2)cc1. The Bertz CT molecular complexity index is 1420. The monoisotopic (exact) mass is 553 g/mol. The number of nitrogens with zero attached hydrogens (tertiary/aromatic N) is 4. The molecule has 3 heterocycles. The highest BCUT2D eigenvalue weighted by atomic mass is 19.1. The van der Waals surface area contributed by atoms with Crippen LogP contribution in [-0.4, -0.2) is 58.6 Å². The molecule has 0 radical (unpaired) electrons. The van der Waals surface area contributed by atoms with Crippen LogP contribution in [0.1, 0.15) is 57.5 Å². The summed E-state index contributed by atoms with van der Waals surface area (Å²) in [6, 6.07) is 18.6. The second-order valence-corrected chi connectivity index (χ2v) is 10.7. The smallest absolute Gasteiger partial charge is 0.255 e. The van der Waals surface area contributed by atoms with Crippen molar-refractivity contribution in [3.63, 3.8) is 0 Å². The minimum absolute atomic E-state index is 0.0177. The number of piperidine rings is 2. The number of anilines is 1. The molecule has 0 atom stereocenters. The van der Waals surface area contributed by atoms with Gasteiger partial charge in [0.05, 0.1) is 17.2 Å². The molecule has 0 bridgehead atoms. The Hall–Kier alpha value is -4.42. The molecule has 0 spiro atoms. The fourth-order valence-corrected chi connectivity index (χ4v) is 5.50. The number of rotatable bonds is 7. The average molecular weight is 554 g/mol. The van der Waals surface area contributed by atoms with Gasteiger partial charge < -0.3 is 10.2 Å². The molecule has 41 heavy (non-hydrogen) atoms. The van der Waals surface area contributed by atoms with Crippen molar-refractivity contribution >= 4 is 23.4 Å². The van der Waals surface area contributed by atoms with E-state index < -0.39 is 0 Å². The predicted molar refractivity (Wildman–Crippen MR) is 151 cm³/mol. The van der Waals surface area contributed by atoms with E-state index in [1.807, 2.05) is 24.3 Å². The molecule has 0 aliphatic carbocycles. The van der Waals surface area contributed by atoms with Crippen molar-refractivity contribution in [1.29, 1.82) is 5.26 Å². The van der Waals surface area contributed by atoms with Gasteiger partial charge in [-0.1, -0.05) is 12.1 Å². The van der Waals surface area contributed by atoms with Gasteiger partial charge in [-0.05, 0) is 92.9 Å². The highest BCUT2D eigenvalue weighted by Gasteiger charge is 2.29. The summed E-state index contributed by atoms with van der Waals surface area (Å²) >= 11 is 0. The first-order chi connectivity index (χ1) is 19.9. The van der Waals surface area contributed by atoms with Crippen LogP contribution in [0, 0.1) is 29.0 Å². The number of hydrogen-bond acceptors (Lipinski definition) is 6. The summed E-state index contributed by atoms with van der Waals surface area (Å²) in [5.41, 5.74) is 2.72. The number of halogens is 1. The third-order valence-electron chi connectivity index (χ3n) is 7.99. The maximum absolute atomic E-state index is 13.2. The van der Waals surface area contributed by atoms with Crippen LogP contribution in [0.25, 0.3) is 0 Å². The molecule has 2 amide bonds. The van der Waals surface area contributed by atoms with Crippen LogP contribution in [-0.2, 0) is 11.3 Å². The molecule has 2 saturated heterocycles. The lowest BCUT2D eigenvalue weighted by Gasteiger charge is -2.31. The molecule has 5 rings (SSSR count). The molecular weight excluding hydrogens is 521 g/mol. The number of aromatic nitrogens is 1. The molecule has 0 saturated carbocycles. The van der Waals surface area contributed by atoms with Crippen molar-refractivity contribution in [2.75, 3.05) is 31.5 Å². The first-order valence-electron chi connectivity index (χ1n) is 14.0. The highest BCUT2D eigenvalue weighted by Crippen LogP contribution is 2.24. The van der Waals surface area contributed by atoms with Gasteiger partial charge in [0.2, 0.25) is 5.91 Å². The summed E-state index contributed by atoms with van der Waals surface area (Å²) < 4.78 is 13.2. The fourth-order valence-electron chi connectivity index (χ4n) is 5.50. The fraction of sp³-hybridized carbons (Fsp3) is 0.344. The lowest BCUT2D eigenvalue weighted by Crippen LogP contribution is -2.40. The molecule has 2 aliphatic heterocycles. The van der Waals surface area contributed by atoms with Gasteiger partial charge in [-0.2, -0.15) is 5.26 Å². The lowest BCUT2D eigenvalue weighted by molar-refractivity contribution is -0.121. The number of nitrogens with one attached hydrogen (secondary N) is 1. The van der Waals surface area contributed by atoms with Crippen LogP contribution < -0.4 is 5.32 Å². The molecule has 2 aliphatic rings. The number of Topliss-reactive ketones (excluding diaryl/α,β-unsaturated/α-hetero) is 1. The molecule has 9 heteroatoms. The number of likely N-dealkylation sites (tertiary alicyclic amines) is 2. The Morgan fingerprint density at radius 2 is 1.49 bits per heavy atom.